The van der Waals surface area contributed by atoms with Gasteiger partial charge in [0.1, 0.15) is 11.5 Å². The molecule has 1 aromatic heterocycles. The number of halogens is 1. The van der Waals surface area contributed by atoms with Crippen LogP contribution in [0.3, 0.4) is 0 Å². The lowest BCUT2D eigenvalue weighted by molar-refractivity contribution is 0.597. The van der Waals surface area contributed by atoms with E-state index in [4.69, 9.17) is 4.42 Å². The van der Waals surface area contributed by atoms with Gasteiger partial charge in [0.25, 0.3) is 0 Å². The van der Waals surface area contributed by atoms with Crippen molar-refractivity contribution in [1.82, 2.24) is 0 Å². The summed E-state index contributed by atoms with van der Waals surface area (Å²) in [6, 6.07) is 30.9. The van der Waals surface area contributed by atoms with Crippen LogP contribution in [0, 0.1) is 0 Å². The number of rotatable bonds is 3. The van der Waals surface area contributed by atoms with E-state index < -0.39 is 0 Å². The summed E-state index contributed by atoms with van der Waals surface area (Å²) in [4.78, 5) is 0. The van der Waals surface area contributed by atoms with Crippen molar-refractivity contribution in [3.8, 4) is 33.8 Å². The summed E-state index contributed by atoms with van der Waals surface area (Å²) in [6.45, 7) is 0. The average Bonchev–Trinajstić information content (AvgIpc) is 3.13. The predicted octanol–water partition coefficient (Wildman–Crippen LogP) is 7.04. The standard InChI is InChI=1S/C22H15BrO/c23-18-12-10-17(11-13-18)21-14-15-22(24-21)20-9-5-4-8-19(20)16-6-2-1-3-7-16/h1-15H. The van der Waals surface area contributed by atoms with Crippen LogP contribution in [0.15, 0.2) is 99.9 Å². The Hall–Kier alpha value is -2.58. The van der Waals surface area contributed by atoms with Crippen molar-refractivity contribution in [3.05, 3.63) is 95.5 Å². The van der Waals surface area contributed by atoms with E-state index in [0.717, 1.165) is 27.1 Å². The first kappa shape index (κ1) is 15.0. The van der Waals surface area contributed by atoms with Gasteiger partial charge in [0, 0.05) is 15.6 Å². The van der Waals surface area contributed by atoms with E-state index in [-0.39, 0.29) is 0 Å². The molecule has 0 saturated carbocycles. The highest BCUT2D eigenvalue weighted by Gasteiger charge is 2.11. The largest absolute Gasteiger partial charge is 0.456 e. The fourth-order valence-corrected chi connectivity index (χ4v) is 3.08. The molecule has 0 radical (unpaired) electrons. The van der Waals surface area contributed by atoms with E-state index in [1.807, 2.05) is 36.4 Å². The summed E-state index contributed by atoms with van der Waals surface area (Å²) in [5.74, 6) is 1.76. The van der Waals surface area contributed by atoms with Crippen molar-refractivity contribution in [3.63, 3.8) is 0 Å². The first-order valence-corrected chi connectivity index (χ1v) is 8.61. The zero-order valence-electron chi connectivity index (χ0n) is 12.9. The Morgan fingerprint density at radius 3 is 1.88 bits per heavy atom. The maximum Gasteiger partial charge on any atom is 0.135 e. The molecule has 0 saturated heterocycles. The maximum absolute atomic E-state index is 6.14. The van der Waals surface area contributed by atoms with Crippen molar-refractivity contribution < 1.29 is 4.42 Å². The van der Waals surface area contributed by atoms with E-state index in [0.29, 0.717) is 0 Å². The molecule has 24 heavy (non-hydrogen) atoms. The lowest BCUT2D eigenvalue weighted by Gasteiger charge is -2.07. The molecule has 0 atom stereocenters. The molecule has 4 rings (SSSR count). The molecular formula is C22H15BrO. The fourth-order valence-electron chi connectivity index (χ4n) is 2.82. The SMILES string of the molecule is Brc1ccc(-c2ccc(-c3ccccc3-c3ccccc3)o2)cc1. The normalized spacial score (nSPS) is 10.7. The molecule has 2 heteroatoms. The van der Waals surface area contributed by atoms with Gasteiger partial charge < -0.3 is 4.42 Å². The lowest BCUT2D eigenvalue weighted by Crippen LogP contribution is -1.82. The Labute approximate surface area is 149 Å². The van der Waals surface area contributed by atoms with Gasteiger partial charge in [-0.15, -0.1) is 0 Å². The van der Waals surface area contributed by atoms with Crippen molar-refractivity contribution in [2.24, 2.45) is 0 Å². The monoisotopic (exact) mass is 374 g/mol. The number of furan rings is 1. The Bertz CT molecular complexity index is 953. The summed E-state index contributed by atoms with van der Waals surface area (Å²) < 4.78 is 7.20. The van der Waals surface area contributed by atoms with E-state index >= 15 is 0 Å². The van der Waals surface area contributed by atoms with Crippen LogP contribution in [-0.2, 0) is 0 Å². The third-order valence-electron chi connectivity index (χ3n) is 4.01. The van der Waals surface area contributed by atoms with Gasteiger partial charge in [-0.1, -0.05) is 82.7 Å². The van der Waals surface area contributed by atoms with E-state index in [9.17, 15) is 0 Å². The highest BCUT2D eigenvalue weighted by atomic mass is 79.9. The molecule has 0 spiro atoms. The molecule has 0 bridgehead atoms. The summed E-state index contributed by atoms with van der Waals surface area (Å²) in [5, 5.41) is 0. The molecule has 0 unspecified atom stereocenters. The molecule has 1 nitrogen and oxygen atoms in total. The summed E-state index contributed by atoms with van der Waals surface area (Å²) in [7, 11) is 0. The number of hydrogen-bond acceptors (Lipinski definition) is 1. The Morgan fingerprint density at radius 2 is 1.12 bits per heavy atom. The molecule has 1 heterocycles. The molecule has 116 valence electrons. The van der Waals surface area contributed by atoms with Crippen molar-refractivity contribution in [2.45, 2.75) is 0 Å². The second kappa shape index (κ2) is 6.50. The van der Waals surface area contributed by atoms with Gasteiger partial charge in [-0.25, -0.2) is 0 Å². The summed E-state index contributed by atoms with van der Waals surface area (Å²) in [5.41, 5.74) is 4.54. The minimum absolute atomic E-state index is 0.875. The Morgan fingerprint density at radius 1 is 0.500 bits per heavy atom. The Kier molecular flexibility index (Phi) is 4.06. The third kappa shape index (κ3) is 2.93. The van der Waals surface area contributed by atoms with Crippen LogP contribution in [0.1, 0.15) is 0 Å². The minimum atomic E-state index is 0.875. The highest BCUT2D eigenvalue weighted by molar-refractivity contribution is 9.10. The summed E-state index contributed by atoms with van der Waals surface area (Å²) in [6.07, 6.45) is 0. The minimum Gasteiger partial charge on any atom is -0.456 e. The molecular weight excluding hydrogens is 360 g/mol. The molecule has 0 N–H and O–H groups in total. The zero-order chi connectivity index (χ0) is 16.4. The van der Waals surface area contributed by atoms with E-state index in [1.54, 1.807) is 0 Å². The van der Waals surface area contributed by atoms with Crippen LogP contribution < -0.4 is 0 Å². The smallest absolute Gasteiger partial charge is 0.135 e. The van der Waals surface area contributed by atoms with E-state index in [1.165, 1.54) is 11.1 Å². The van der Waals surface area contributed by atoms with Crippen LogP contribution in [0.4, 0.5) is 0 Å². The maximum atomic E-state index is 6.14. The Balaban J connectivity index is 1.77. The van der Waals surface area contributed by atoms with Gasteiger partial charge in [-0.05, 0) is 35.4 Å². The van der Waals surface area contributed by atoms with Gasteiger partial charge in [0.05, 0.1) is 0 Å². The molecule has 4 aromatic rings. The number of hydrogen-bond donors (Lipinski definition) is 0. The van der Waals surface area contributed by atoms with Crippen LogP contribution in [0.25, 0.3) is 33.8 Å². The van der Waals surface area contributed by atoms with Gasteiger partial charge in [-0.2, -0.15) is 0 Å². The van der Waals surface area contributed by atoms with Crippen LogP contribution in [0.2, 0.25) is 0 Å². The van der Waals surface area contributed by atoms with Gasteiger partial charge in [-0.3, -0.25) is 0 Å². The first-order chi connectivity index (χ1) is 11.8. The van der Waals surface area contributed by atoms with Crippen molar-refractivity contribution >= 4 is 15.9 Å². The lowest BCUT2D eigenvalue weighted by atomic mass is 9.98. The predicted molar refractivity (Wildman–Crippen MR) is 103 cm³/mol. The van der Waals surface area contributed by atoms with Gasteiger partial charge >= 0.3 is 0 Å². The highest BCUT2D eigenvalue weighted by Crippen LogP contribution is 2.35. The van der Waals surface area contributed by atoms with Gasteiger partial charge in [0.2, 0.25) is 0 Å². The molecule has 0 amide bonds. The molecule has 0 aliphatic rings. The second-order valence-corrected chi connectivity index (χ2v) is 6.50. The van der Waals surface area contributed by atoms with Crippen molar-refractivity contribution in [2.75, 3.05) is 0 Å². The van der Waals surface area contributed by atoms with Crippen LogP contribution in [0.5, 0.6) is 0 Å². The molecule has 0 aliphatic heterocycles. The topological polar surface area (TPSA) is 13.1 Å². The zero-order valence-corrected chi connectivity index (χ0v) is 14.5. The van der Waals surface area contributed by atoms with Crippen LogP contribution >= 0.6 is 15.9 Å². The van der Waals surface area contributed by atoms with Crippen LogP contribution in [-0.4, -0.2) is 0 Å². The molecule has 3 aromatic carbocycles. The number of benzene rings is 3. The molecule has 0 aliphatic carbocycles. The molecule has 0 fully saturated rings. The van der Waals surface area contributed by atoms with E-state index in [2.05, 4.69) is 70.5 Å². The second-order valence-electron chi connectivity index (χ2n) is 5.58. The van der Waals surface area contributed by atoms with Crippen molar-refractivity contribution in [1.29, 1.82) is 0 Å². The summed E-state index contributed by atoms with van der Waals surface area (Å²) >= 11 is 3.46. The first-order valence-electron chi connectivity index (χ1n) is 7.82. The third-order valence-corrected chi connectivity index (χ3v) is 4.54. The fraction of sp³-hybridized carbons (Fsp3) is 0. The quantitative estimate of drug-likeness (QED) is 0.374. The average molecular weight is 375 g/mol. The van der Waals surface area contributed by atoms with Gasteiger partial charge in [0.15, 0.2) is 0 Å².